The highest BCUT2D eigenvalue weighted by Gasteiger charge is 2.20. The molecular formula is C24H32N6O2S. The first-order valence-electron chi connectivity index (χ1n) is 11.7. The van der Waals surface area contributed by atoms with Gasteiger partial charge in [0.05, 0.1) is 24.7 Å². The Morgan fingerprint density at radius 1 is 1.15 bits per heavy atom. The van der Waals surface area contributed by atoms with Crippen LogP contribution in [0.5, 0.6) is 5.75 Å². The fraction of sp³-hybridized carbons (Fsp3) is 0.500. The standard InChI is InChI=1S/C24H32N6O2S/c1-4-32-19-10-8-18(9-11-19)23(31)25-12-15-30-22-20(16-26-30)21(29-13-6-5-7-14-29)27-24(28-22)33-17(2)3/h8-11,16-17H,4-7,12-15H2,1-3H3,(H,25,31). The van der Waals surface area contributed by atoms with E-state index in [0.29, 0.717) is 30.5 Å². The highest BCUT2D eigenvalue weighted by molar-refractivity contribution is 7.99. The molecule has 0 unspecified atom stereocenters. The fourth-order valence-corrected chi connectivity index (χ4v) is 4.64. The number of ether oxygens (including phenoxy) is 1. The zero-order valence-corrected chi connectivity index (χ0v) is 20.4. The largest absolute Gasteiger partial charge is 0.494 e. The van der Waals surface area contributed by atoms with Crippen LogP contribution in [0.15, 0.2) is 35.6 Å². The van der Waals surface area contributed by atoms with Gasteiger partial charge in [0.15, 0.2) is 10.8 Å². The molecule has 0 saturated carbocycles. The number of piperidine rings is 1. The van der Waals surface area contributed by atoms with E-state index in [2.05, 4.69) is 29.2 Å². The van der Waals surface area contributed by atoms with Gasteiger partial charge in [-0.3, -0.25) is 4.79 Å². The lowest BCUT2D eigenvalue weighted by molar-refractivity contribution is 0.0952. The second-order valence-electron chi connectivity index (χ2n) is 8.36. The molecule has 0 bridgehead atoms. The first-order chi connectivity index (χ1) is 16.0. The minimum Gasteiger partial charge on any atom is -0.494 e. The molecule has 1 N–H and O–H groups in total. The second-order valence-corrected chi connectivity index (χ2v) is 9.91. The molecule has 4 rings (SSSR count). The number of nitrogens with one attached hydrogen (secondary N) is 1. The van der Waals surface area contributed by atoms with Gasteiger partial charge in [-0.15, -0.1) is 0 Å². The fourth-order valence-electron chi connectivity index (χ4n) is 3.94. The van der Waals surface area contributed by atoms with Gasteiger partial charge in [-0.1, -0.05) is 25.6 Å². The zero-order chi connectivity index (χ0) is 23.2. The van der Waals surface area contributed by atoms with Crippen LogP contribution in [0.2, 0.25) is 0 Å². The number of hydrogen-bond acceptors (Lipinski definition) is 7. The van der Waals surface area contributed by atoms with Crippen LogP contribution in [0.4, 0.5) is 5.82 Å². The molecule has 1 fully saturated rings. The van der Waals surface area contributed by atoms with Crippen LogP contribution in [0.1, 0.15) is 50.4 Å². The molecule has 1 aromatic carbocycles. The summed E-state index contributed by atoms with van der Waals surface area (Å²) < 4.78 is 7.31. The van der Waals surface area contributed by atoms with Crippen molar-refractivity contribution in [2.45, 2.75) is 57.0 Å². The molecule has 1 amide bonds. The molecule has 0 aliphatic carbocycles. The van der Waals surface area contributed by atoms with Crippen LogP contribution in [-0.2, 0) is 6.54 Å². The van der Waals surface area contributed by atoms with Crippen LogP contribution in [0.25, 0.3) is 11.0 Å². The average molecular weight is 469 g/mol. The minimum atomic E-state index is -0.116. The Labute approximate surface area is 199 Å². The summed E-state index contributed by atoms with van der Waals surface area (Å²) in [5, 5.41) is 9.70. The molecule has 8 nitrogen and oxygen atoms in total. The summed E-state index contributed by atoms with van der Waals surface area (Å²) in [6.07, 6.45) is 5.50. The van der Waals surface area contributed by atoms with E-state index in [1.54, 1.807) is 23.9 Å². The molecule has 176 valence electrons. The number of thioether (sulfide) groups is 1. The molecule has 0 atom stereocenters. The van der Waals surface area contributed by atoms with E-state index in [-0.39, 0.29) is 5.91 Å². The number of amides is 1. The average Bonchev–Trinajstić information content (AvgIpc) is 3.22. The van der Waals surface area contributed by atoms with Crippen molar-refractivity contribution < 1.29 is 9.53 Å². The van der Waals surface area contributed by atoms with Gasteiger partial charge in [0.2, 0.25) is 0 Å². The van der Waals surface area contributed by atoms with Gasteiger partial charge in [-0.25, -0.2) is 14.6 Å². The van der Waals surface area contributed by atoms with Crippen molar-refractivity contribution in [1.82, 2.24) is 25.1 Å². The van der Waals surface area contributed by atoms with Crippen LogP contribution < -0.4 is 15.0 Å². The van der Waals surface area contributed by atoms with Crippen LogP contribution in [0.3, 0.4) is 0 Å². The predicted molar refractivity (Wildman–Crippen MR) is 132 cm³/mol. The van der Waals surface area contributed by atoms with Crippen LogP contribution in [-0.4, -0.2) is 57.1 Å². The highest BCUT2D eigenvalue weighted by atomic mass is 32.2. The molecule has 1 aliphatic heterocycles. The Bertz CT molecular complexity index is 1080. The number of anilines is 1. The quantitative estimate of drug-likeness (QED) is 0.373. The van der Waals surface area contributed by atoms with Crippen molar-refractivity contribution in [1.29, 1.82) is 0 Å². The molecule has 33 heavy (non-hydrogen) atoms. The molecule has 0 spiro atoms. The van der Waals surface area contributed by atoms with E-state index in [1.165, 1.54) is 19.3 Å². The maximum absolute atomic E-state index is 12.5. The number of carbonyl (C=O) groups is 1. The maximum atomic E-state index is 12.5. The summed E-state index contributed by atoms with van der Waals surface area (Å²) in [6.45, 7) is 9.85. The summed E-state index contributed by atoms with van der Waals surface area (Å²) in [5.41, 5.74) is 1.43. The van der Waals surface area contributed by atoms with E-state index < -0.39 is 0 Å². The molecule has 9 heteroatoms. The van der Waals surface area contributed by atoms with Crippen molar-refractivity contribution in [3.8, 4) is 5.75 Å². The number of hydrogen-bond donors (Lipinski definition) is 1. The van der Waals surface area contributed by atoms with Crippen LogP contribution in [0, 0.1) is 0 Å². The normalized spacial score (nSPS) is 14.1. The number of benzene rings is 1. The number of rotatable bonds is 9. The summed E-state index contributed by atoms with van der Waals surface area (Å²) >= 11 is 1.66. The third-order valence-electron chi connectivity index (χ3n) is 5.49. The van der Waals surface area contributed by atoms with Gasteiger partial charge in [0.1, 0.15) is 11.6 Å². The molecule has 2 aromatic heterocycles. The molecular weight excluding hydrogens is 436 g/mol. The van der Waals surface area contributed by atoms with Gasteiger partial charge < -0.3 is 15.0 Å². The second kappa shape index (κ2) is 10.9. The predicted octanol–water partition coefficient (Wildman–Crippen LogP) is 4.15. The number of aromatic nitrogens is 4. The Kier molecular flexibility index (Phi) is 7.69. The zero-order valence-electron chi connectivity index (χ0n) is 19.6. The summed E-state index contributed by atoms with van der Waals surface area (Å²) in [6, 6.07) is 7.17. The Hall–Kier alpha value is -2.81. The first kappa shape index (κ1) is 23.4. The van der Waals surface area contributed by atoms with Gasteiger partial charge >= 0.3 is 0 Å². The topological polar surface area (TPSA) is 85.2 Å². The maximum Gasteiger partial charge on any atom is 0.251 e. The smallest absolute Gasteiger partial charge is 0.251 e. The van der Waals surface area contributed by atoms with Crippen molar-refractivity contribution in [2.24, 2.45) is 0 Å². The third kappa shape index (κ3) is 5.76. The number of fused-ring (bicyclic) bond motifs is 1. The molecule has 1 saturated heterocycles. The van der Waals surface area contributed by atoms with Gasteiger partial charge in [-0.05, 0) is 50.5 Å². The van der Waals surface area contributed by atoms with Crippen molar-refractivity contribution in [3.63, 3.8) is 0 Å². The van der Waals surface area contributed by atoms with Gasteiger partial charge in [0.25, 0.3) is 5.91 Å². The van der Waals surface area contributed by atoms with Crippen molar-refractivity contribution in [2.75, 3.05) is 31.1 Å². The molecule has 0 radical (unpaired) electrons. The Morgan fingerprint density at radius 2 is 1.91 bits per heavy atom. The SMILES string of the molecule is CCOc1ccc(C(=O)NCCn2ncc3c(N4CCCCC4)nc(SC(C)C)nc32)cc1. The Morgan fingerprint density at radius 3 is 2.61 bits per heavy atom. The Balaban J connectivity index is 1.48. The van der Waals surface area contributed by atoms with Crippen molar-refractivity contribution >= 4 is 34.5 Å². The lowest BCUT2D eigenvalue weighted by atomic mass is 10.1. The first-order valence-corrected chi connectivity index (χ1v) is 12.6. The van der Waals surface area contributed by atoms with E-state index >= 15 is 0 Å². The number of carbonyl (C=O) groups excluding carboxylic acids is 1. The van der Waals surface area contributed by atoms with Crippen molar-refractivity contribution in [3.05, 3.63) is 36.0 Å². The highest BCUT2D eigenvalue weighted by Crippen LogP contribution is 2.30. The van der Waals surface area contributed by atoms with Crippen LogP contribution >= 0.6 is 11.8 Å². The minimum absolute atomic E-state index is 0.116. The lowest BCUT2D eigenvalue weighted by Gasteiger charge is -2.28. The summed E-state index contributed by atoms with van der Waals surface area (Å²) in [7, 11) is 0. The van der Waals surface area contributed by atoms with E-state index in [0.717, 1.165) is 40.8 Å². The molecule has 3 aromatic rings. The van der Waals surface area contributed by atoms with E-state index in [1.807, 2.05) is 29.9 Å². The molecule has 1 aliphatic rings. The van der Waals surface area contributed by atoms with Gasteiger partial charge in [0, 0.05) is 30.4 Å². The van der Waals surface area contributed by atoms with Gasteiger partial charge in [-0.2, -0.15) is 5.10 Å². The lowest BCUT2D eigenvalue weighted by Crippen LogP contribution is -2.30. The summed E-state index contributed by atoms with van der Waals surface area (Å²) in [5.74, 6) is 1.62. The molecule has 3 heterocycles. The number of nitrogens with zero attached hydrogens (tertiary/aromatic N) is 5. The third-order valence-corrected chi connectivity index (χ3v) is 6.35. The van der Waals surface area contributed by atoms with E-state index in [4.69, 9.17) is 14.7 Å². The summed E-state index contributed by atoms with van der Waals surface area (Å²) in [4.78, 5) is 24.6. The monoisotopic (exact) mass is 468 g/mol. The van der Waals surface area contributed by atoms with E-state index in [9.17, 15) is 4.79 Å².